The van der Waals surface area contributed by atoms with Crippen molar-refractivity contribution in [2.24, 2.45) is 5.92 Å². The van der Waals surface area contributed by atoms with Crippen molar-refractivity contribution >= 4 is 17.6 Å². The lowest BCUT2D eigenvalue weighted by molar-refractivity contribution is -0.118. The predicted octanol–water partition coefficient (Wildman–Crippen LogP) is 5.17. The molecule has 1 atom stereocenters. The molecule has 0 aliphatic carbocycles. The van der Waals surface area contributed by atoms with Crippen molar-refractivity contribution in [2.75, 3.05) is 5.32 Å². The molecule has 34 heavy (non-hydrogen) atoms. The smallest absolute Gasteiger partial charge is 0.255 e. The number of amides is 2. The first-order valence-corrected chi connectivity index (χ1v) is 10.8. The van der Waals surface area contributed by atoms with Crippen molar-refractivity contribution in [3.8, 4) is 11.6 Å². The largest absolute Gasteiger partial charge is 0.439 e. The van der Waals surface area contributed by atoms with E-state index in [-0.39, 0.29) is 35.4 Å². The molecule has 0 radical (unpaired) electrons. The molecule has 4 rings (SSSR count). The van der Waals surface area contributed by atoms with Crippen LogP contribution in [0.15, 0.2) is 42.7 Å². The fourth-order valence-corrected chi connectivity index (χ4v) is 3.68. The standard InChI is InChI=1S/C25H24F2N4O3/c1-13(2)23(32)30-22-19-12-31(25(33)18(19)7-8-28-22)15(4)16-9-14(3)24(29-11-16)34-17-5-6-20(26)21(27)10-17/h5-11,13,15H,12H2,1-4H3,(H,28,30,32). The number of anilines is 1. The summed E-state index contributed by atoms with van der Waals surface area (Å²) >= 11 is 0. The molecule has 1 aromatic carbocycles. The van der Waals surface area contributed by atoms with Crippen molar-refractivity contribution in [3.05, 3.63) is 76.6 Å². The summed E-state index contributed by atoms with van der Waals surface area (Å²) in [4.78, 5) is 35.5. The average molecular weight is 466 g/mol. The van der Waals surface area contributed by atoms with Gasteiger partial charge in [-0.05, 0) is 43.7 Å². The number of ether oxygens (including phenoxy) is 1. The topological polar surface area (TPSA) is 84.4 Å². The molecule has 1 aliphatic heterocycles. The minimum Gasteiger partial charge on any atom is -0.439 e. The average Bonchev–Trinajstić information content (AvgIpc) is 3.14. The number of carbonyl (C=O) groups is 2. The first-order valence-electron chi connectivity index (χ1n) is 10.8. The maximum Gasteiger partial charge on any atom is 0.255 e. The molecule has 9 heteroatoms. The SMILES string of the molecule is Cc1cc(C(C)N2Cc3c(ccnc3NC(=O)C(C)C)C2=O)cnc1Oc1ccc(F)c(F)c1. The summed E-state index contributed by atoms with van der Waals surface area (Å²) in [5.74, 6) is -1.74. The maximum atomic E-state index is 13.5. The molecule has 1 unspecified atom stereocenters. The number of rotatable bonds is 6. The monoisotopic (exact) mass is 466 g/mol. The molecular weight excluding hydrogens is 442 g/mol. The number of hydrogen-bond acceptors (Lipinski definition) is 5. The lowest BCUT2D eigenvalue weighted by Gasteiger charge is -2.25. The zero-order valence-electron chi connectivity index (χ0n) is 19.2. The quantitative estimate of drug-likeness (QED) is 0.542. The Hall–Kier alpha value is -3.88. The molecule has 0 saturated heterocycles. The highest BCUT2D eigenvalue weighted by Gasteiger charge is 2.34. The molecule has 0 bridgehead atoms. The van der Waals surface area contributed by atoms with Crippen LogP contribution in [0.2, 0.25) is 0 Å². The van der Waals surface area contributed by atoms with Crippen LogP contribution in [0.3, 0.4) is 0 Å². The van der Waals surface area contributed by atoms with Crippen LogP contribution in [-0.2, 0) is 11.3 Å². The van der Waals surface area contributed by atoms with Gasteiger partial charge in [0.1, 0.15) is 11.6 Å². The highest BCUT2D eigenvalue weighted by molar-refractivity contribution is 6.01. The predicted molar refractivity (Wildman–Crippen MR) is 121 cm³/mol. The van der Waals surface area contributed by atoms with Crippen molar-refractivity contribution in [1.82, 2.24) is 14.9 Å². The van der Waals surface area contributed by atoms with Gasteiger partial charge in [-0.15, -0.1) is 0 Å². The van der Waals surface area contributed by atoms with Gasteiger partial charge in [-0.3, -0.25) is 9.59 Å². The van der Waals surface area contributed by atoms with Gasteiger partial charge in [0.2, 0.25) is 11.8 Å². The van der Waals surface area contributed by atoms with E-state index in [1.165, 1.54) is 12.3 Å². The van der Waals surface area contributed by atoms with Crippen LogP contribution in [0.5, 0.6) is 11.6 Å². The Morgan fingerprint density at radius 2 is 1.88 bits per heavy atom. The number of carbonyl (C=O) groups excluding carboxylic acids is 2. The highest BCUT2D eigenvalue weighted by atomic mass is 19.2. The molecule has 0 fully saturated rings. The van der Waals surface area contributed by atoms with E-state index in [4.69, 9.17) is 4.74 Å². The third kappa shape index (κ3) is 4.46. The number of aromatic nitrogens is 2. The van der Waals surface area contributed by atoms with E-state index in [1.807, 2.05) is 13.0 Å². The van der Waals surface area contributed by atoms with Crippen LogP contribution in [0.4, 0.5) is 14.6 Å². The molecule has 1 N–H and O–H groups in total. The van der Waals surface area contributed by atoms with E-state index >= 15 is 0 Å². The first-order chi connectivity index (χ1) is 16.2. The number of aryl methyl sites for hydroxylation is 1. The van der Waals surface area contributed by atoms with E-state index in [2.05, 4.69) is 15.3 Å². The number of hydrogen-bond donors (Lipinski definition) is 1. The van der Waals surface area contributed by atoms with Gasteiger partial charge < -0.3 is 15.0 Å². The molecule has 176 valence electrons. The van der Waals surface area contributed by atoms with Crippen molar-refractivity contribution in [3.63, 3.8) is 0 Å². The molecule has 0 saturated carbocycles. The second-order valence-electron chi connectivity index (χ2n) is 8.51. The van der Waals surface area contributed by atoms with Gasteiger partial charge >= 0.3 is 0 Å². The second kappa shape index (κ2) is 9.17. The number of halogens is 2. The van der Waals surface area contributed by atoms with Crippen LogP contribution < -0.4 is 10.1 Å². The molecule has 0 spiro atoms. The van der Waals surface area contributed by atoms with Crippen LogP contribution in [0.25, 0.3) is 0 Å². The van der Waals surface area contributed by atoms with E-state index < -0.39 is 11.6 Å². The molecule has 2 amide bonds. The summed E-state index contributed by atoms with van der Waals surface area (Å²) in [6.07, 6.45) is 3.10. The molecular formula is C25H24F2N4O3. The van der Waals surface area contributed by atoms with Gasteiger partial charge in [0.25, 0.3) is 5.91 Å². The third-order valence-electron chi connectivity index (χ3n) is 5.75. The van der Waals surface area contributed by atoms with E-state index in [9.17, 15) is 18.4 Å². The van der Waals surface area contributed by atoms with Gasteiger partial charge in [0.15, 0.2) is 11.6 Å². The summed E-state index contributed by atoms with van der Waals surface area (Å²) in [6.45, 7) is 7.53. The van der Waals surface area contributed by atoms with Gasteiger partial charge in [-0.2, -0.15) is 0 Å². The molecule has 3 heterocycles. The molecule has 7 nitrogen and oxygen atoms in total. The van der Waals surface area contributed by atoms with E-state index in [1.54, 1.807) is 37.9 Å². The number of benzene rings is 1. The van der Waals surface area contributed by atoms with Crippen LogP contribution in [0.1, 0.15) is 53.9 Å². The minimum absolute atomic E-state index is 0.129. The second-order valence-corrected chi connectivity index (χ2v) is 8.51. The molecule has 2 aromatic heterocycles. The van der Waals surface area contributed by atoms with Crippen LogP contribution in [0, 0.1) is 24.5 Å². The number of fused-ring (bicyclic) bond motifs is 1. The molecule has 1 aliphatic rings. The van der Waals surface area contributed by atoms with Crippen LogP contribution in [-0.4, -0.2) is 26.7 Å². The van der Waals surface area contributed by atoms with Crippen molar-refractivity contribution in [2.45, 2.75) is 40.3 Å². The lowest BCUT2D eigenvalue weighted by Crippen LogP contribution is -2.27. The third-order valence-corrected chi connectivity index (χ3v) is 5.75. The summed E-state index contributed by atoms with van der Waals surface area (Å²) in [5.41, 5.74) is 2.63. The number of nitrogens with zero attached hydrogens (tertiary/aromatic N) is 3. The summed E-state index contributed by atoms with van der Waals surface area (Å²) in [6, 6.07) is 6.42. The first kappa shape index (κ1) is 23.3. The van der Waals surface area contributed by atoms with Crippen LogP contribution >= 0.6 is 0 Å². The maximum absolute atomic E-state index is 13.5. The minimum atomic E-state index is -1.01. The van der Waals surface area contributed by atoms with Gasteiger partial charge in [-0.1, -0.05) is 13.8 Å². The summed E-state index contributed by atoms with van der Waals surface area (Å²) in [7, 11) is 0. The Balaban J connectivity index is 1.54. The fraction of sp³-hybridized carbons (Fsp3) is 0.280. The summed E-state index contributed by atoms with van der Waals surface area (Å²) in [5, 5.41) is 2.80. The van der Waals surface area contributed by atoms with Gasteiger partial charge in [-0.25, -0.2) is 18.7 Å². The van der Waals surface area contributed by atoms with E-state index in [0.717, 1.165) is 17.7 Å². The molecule has 3 aromatic rings. The van der Waals surface area contributed by atoms with Crippen molar-refractivity contribution < 1.29 is 23.1 Å². The lowest BCUT2D eigenvalue weighted by atomic mass is 10.1. The normalized spacial score (nSPS) is 13.7. The Bertz CT molecular complexity index is 1280. The Morgan fingerprint density at radius 3 is 2.56 bits per heavy atom. The van der Waals surface area contributed by atoms with Gasteiger partial charge in [0.05, 0.1) is 12.6 Å². The Labute approximate surface area is 195 Å². The zero-order valence-corrected chi connectivity index (χ0v) is 19.2. The number of pyridine rings is 2. The summed E-state index contributed by atoms with van der Waals surface area (Å²) < 4.78 is 32.2. The van der Waals surface area contributed by atoms with E-state index in [0.29, 0.717) is 29.1 Å². The zero-order chi connectivity index (χ0) is 24.6. The Morgan fingerprint density at radius 1 is 1.12 bits per heavy atom. The fourth-order valence-electron chi connectivity index (χ4n) is 3.68. The van der Waals surface area contributed by atoms with Crippen molar-refractivity contribution in [1.29, 1.82) is 0 Å². The number of nitrogens with one attached hydrogen (secondary N) is 1. The Kier molecular flexibility index (Phi) is 6.28. The van der Waals surface area contributed by atoms with Gasteiger partial charge in [0, 0.05) is 41.1 Å². The highest BCUT2D eigenvalue weighted by Crippen LogP contribution is 2.35.